The summed E-state index contributed by atoms with van der Waals surface area (Å²) in [5.41, 5.74) is 5.99. The minimum atomic E-state index is 0.0652. The summed E-state index contributed by atoms with van der Waals surface area (Å²) in [6, 6.07) is 18.4. The largest absolute Gasteiger partial charge is 0.497 e. The molecule has 4 nitrogen and oxygen atoms in total. The van der Waals surface area contributed by atoms with E-state index in [4.69, 9.17) is 18.9 Å². The molecule has 0 aromatic heterocycles. The SMILES string of the molecule is C=C(c1ccc(OC)cc1)c1cc(OC)c(OC)c(OC)c1-c1ccc(C(C)(C)C)cc1. The Kier molecular flexibility index (Phi) is 6.83. The van der Waals surface area contributed by atoms with Crippen LogP contribution >= 0.6 is 0 Å². The van der Waals surface area contributed by atoms with Gasteiger partial charge in [0.05, 0.1) is 28.4 Å². The molecule has 0 amide bonds. The minimum absolute atomic E-state index is 0.0652. The van der Waals surface area contributed by atoms with Crippen molar-refractivity contribution in [3.63, 3.8) is 0 Å². The molecule has 0 aliphatic carbocycles. The number of rotatable bonds is 7. The molecule has 0 saturated heterocycles. The van der Waals surface area contributed by atoms with E-state index in [1.165, 1.54) is 5.56 Å². The Bertz CT molecular complexity index is 1090. The molecule has 3 rings (SSSR count). The fourth-order valence-corrected chi connectivity index (χ4v) is 3.77. The maximum absolute atomic E-state index is 5.86. The summed E-state index contributed by atoms with van der Waals surface area (Å²) < 4.78 is 22.5. The average molecular weight is 433 g/mol. The zero-order valence-electron chi connectivity index (χ0n) is 20.0. The quantitative estimate of drug-likeness (QED) is 0.414. The molecule has 0 aliphatic heterocycles. The predicted octanol–water partition coefficient (Wildman–Crippen LogP) is 6.75. The summed E-state index contributed by atoms with van der Waals surface area (Å²) >= 11 is 0. The highest BCUT2D eigenvalue weighted by Crippen LogP contribution is 2.49. The summed E-state index contributed by atoms with van der Waals surface area (Å²) in [6.45, 7) is 11.0. The number of methoxy groups -OCH3 is 4. The molecule has 0 heterocycles. The maximum atomic E-state index is 5.86. The first-order chi connectivity index (χ1) is 15.2. The summed E-state index contributed by atoms with van der Waals surface area (Å²) in [5, 5.41) is 0. The van der Waals surface area contributed by atoms with E-state index in [0.29, 0.717) is 17.2 Å². The van der Waals surface area contributed by atoms with Crippen LogP contribution in [0, 0.1) is 0 Å². The lowest BCUT2D eigenvalue weighted by Crippen LogP contribution is -2.10. The van der Waals surface area contributed by atoms with Crippen LogP contribution in [0.25, 0.3) is 16.7 Å². The van der Waals surface area contributed by atoms with Crippen molar-refractivity contribution < 1.29 is 18.9 Å². The van der Waals surface area contributed by atoms with E-state index in [1.807, 2.05) is 30.3 Å². The van der Waals surface area contributed by atoms with Crippen molar-refractivity contribution in [2.24, 2.45) is 0 Å². The molecule has 3 aromatic rings. The van der Waals surface area contributed by atoms with Crippen LogP contribution in [-0.2, 0) is 5.41 Å². The summed E-state index contributed by atoms with van der Waals surface area (Å²) in [6.07, 6.45) is 0. The first kappa shape index (κ1) is 23.3. The molecule has 0 N–H and O–H groups in total. The van der Waals surface area contributed by atoms with E-state index < -0.39 is 0 Å². The zero-order chi connectivity index (χ0) is 23.5. The molecule has 0 saturated carbocycles. The molecule has 0 atom stereocenters. The number of benzene rings is 3. The van der Waals surface area contributed by atoms with E-state index >= 15 is 0 Å². The number of hydrogen-bond acceptors (Lipinski definition) is 4. The van der Waals surface area contributed by atoms with Crippen LogP contribution in [-0.4, -0.2) is 28.4 Å². The van der Waals surface area contributed by atoms with E-state index in [-0.39, 0.29) is 5.41 Å². The van der Waals surface area contributed by atoms with Crippen LogP contribution in [0.4, 0.5) is 0 Å². The molecule has 32 heavy (non-hydrogen) atoms. The monoisotopic (exact) mass is 432 g/mol. The van der Waals surface area contributed by atoms with Gasteiger partial charge in [-0.15, -0.1) is 0 Å². The zero-order valence-corrected chi connectivity index (χ0v) is 20.0. The van der Waals surface area contributed by atoms with Crippen molar-refractivity contribution in [3.8, 4) is 34.1 Å². The normalized spacial score (nSPS) is 11.1. The Balaban J connectivity index is 2.26. The first-order valence-electron chi connectivity index (χ1n) is 10.5. The van der Waals surface area contributed by atoms with Gasteiger partial charge in [-0.1, -0.05) is 63.7 Å². The highest BCUT2D eigenvalue weighted by atomic mass is 16.5. The third-order valence-corrected chi connectivity index (χ3v) is 5.63. The Hall–Kier alpha value is -3.40. The van der Waals surface area contributed by atoms with Gasteiger partial charge in [0.25, 0.3) is 0 Å². The Labute approximate surface area is 191 Å². The van der Waals surface area contributed by atoms with Crippen molar-refractivity contribution in [1.29, 1.82) is 0 Å². The van der Waals surface area contributed by atoms with Gasteiger partial charge in [-0.25, -0.2) is 0 Å². The molecular weight excluding hydrogens is 400 g/mol. The molecule has 3 aromatic carbocycles. The van der Waals surface area contributed by atoms with Gasteiger partial charge in [0.1, 0.15) is 5.75 Å². The third-order valence-electron chi connectivity index (χ3n) is 5.63. The van der Waals surface area contributed by atoms with Gasteiger partial charge >= 0.3 is 0 Å². The fourth-order valence-electron chi connectivity index (χ4n) is 3.77. The van der Waals surface area contributed by atoms with E-state index in [1.54, 1.807) is 28.4 Å². The molecular formula is C28H32O4. The Morgan fingerprint density at radius 3 is 1.78 bits per heavy atom. The summed E-state index contributed by atoms with van der Waals surface area (Å²) in [5.74, 6) is 2.55. The second-order valence-electron chi connectivity index (χ2n) is 8.60. The number of hydrogen-bond donors (Lipinski definition) is 0. The van der Waals surface area contributed by atoms with Crippen molar-refractivity contribution >= 4 is 5.57 Å². The molecule has 0 fully saturated rings. The standard InChI is InChI=1S/C28H32O4/c1-18(19-11-15-22(29-5)16-12-19)23-17-24(30-6)26(31-7)27(32-8)25(23)20-9-13-21(14-10-20)28(2,3)4/h9-17H,1H2,2-8H3. The fraction of sp³-hybridized carbons (Fsp3) is 0.286. The second kappa shape index (κ2) is 9.39. The van der Waals surface area contributed by atoms with Gasteiger partial charge in [0.2, 0.25) is 5.75 Å². The smallest absolute Gasteiger partial charge is 0.203 e. The second-order valence-corrected chi connectivity index (χ2v) is 8.60. The highest BCUT2D eigenvalue weighted by Gasteiger charge is 2.24. The average Bonchev–Trinajstić information content (AvgIpc) is 2.81. The lowest BCUT2D eigenvalue weighted by molar-refractivity contribution is 0.325. The predicted molar refractivity (Wildman–Crippen MR) is 131 cm³/mol. The minimum Gasteiger partial charge on any atom is -0.497 e. The van der Waals surface area contributed by atoms with Gasteiger partial charge < -0.3 is 18.9 Å². The van der Waals surface area contributed by atoms with Gasteiger partial charge in [0.15, 0.2) is 11.5 Å². The Morgan fingerprint density at radius 2 is 1.31 bits per heavy atom. The van der Waals surface area contributed by atoms with Gasteiger partial charge in [-0.2, -0.15) is 0 Å². The van der Waals surface area contributed by atoms with Gasteiger partial charge in [-0.05, 0) is 51.4 Å². The van der Waals surface area contributed by atoms with Crippen LogP contribution < -0.4 is 18.9 Å². The van der Waals surface area contributed by atoms with Crippen molar-refractivity contribution in [2.45, 2.75) is 26.2 Å². The molecule has 168 valence electrons. The topological polar surface area (TPSA) is 36.9 Å². The van der Waals surface area contributed by atoms with Crippen molar-refractivity contribution in [1.82, 2.24) is 0 Å². The van der Waals surface area contributed by atoms with Gasteiger partial charge in [0, 0.05) is 5.56 Å². The molecule has 4 heteroatoms. The van der Waals surface area contributed by atoms with Crippen LogP contribution in [0.15, 0.2) is 61.2 Å². The Morgan fingerprint density at radius 1 is 0.719 bits per heavy atom. The van der Waals surface area contributed by atoms with Gasteiger partial charge in [-0.3, -0.25) is 0 Å². The third kappa shape index (κ3) is 4.45. The van der Waals surface area contributed by atoms with E-state index in [2.05, 4.69) is 51.6 Å². The van der Waals surface area contributed by atoms with Crippen LogP contribution in [0.1, 0.15) is 37.5 Å². The van der Waals surface area contributed by atoms with Crippen LogP contribution in [0.5, 0.6) is 23.0 Å². The maximum Gasteiger partial charge on any atom is 0.203 e. The van der Waals surface area contributed by atoms with Crippen LogP contribution in [0.3, 0.4) is 0 Å². The van der Waals surface area contributed by atoms with E-state index in [9.17, 15) is 0 Å². The van der Waals surface area contributed by atoms with Crippen molar-refractivity contribution in [2.75, 3.05) is 28.4 Å². The van der Waals surface area contributed by atoms with Crippen LogP contribution in [0.2, 0.25) is 0 Å². The molecule has 0 spiro atoms. The summed E-state index contributed by atoms with van der Waals surface area (Å²) in [4.78, 5) is 0. The van der Waals surface area contributed by atoms with E-state index in [0.717, 1.165) is 33.6 Å². The molecule has 0 bridgehead atoms. The molecule has 0 unspecified atom stereocenters. The highest BCUT2D eigenvalue weighted by molar-refractivity contribution is 5.93. The molecule has 0 radical (unpaired) electrons. The lowest BCUT2D eigenvalue weighted by atomic mass is 9.85. The molecule has 0 aliphatic rings. The van der Waals surface area contributed by atoms with Crippen molar-refractivity contribution in [3.05, 3.63) is 77.9 Å². The first-order valence-corrected chi connectivity index (χ1v) is 10.5. The number of ether oxygens (including phenoxy) is 4. The summed E-state index contributed by atoms with van der Waals surface area (Å²) in [7, 11) is 6.53. The lowest BCUT2D eigenvalue weighted by Gasteiger charge is -2.23.